The summed E-state index contributed by atoms with van der Waals surface area (Å²) in [4.78, 5) is 5.93. The first-order valence-corrected chi connectivity index (χ1v) is 15.5. The summed E-state index contributed by atoms with van der Waals surface area (Å²) in [5.41, 5.74) is -43.2. The van der Waals surface area contributed by atoms with Gasteiger partial charge < -0.3 is 0 Å². The quantitative estimate of drug-likeness (QED) is 0.0858. The number of rotatable bonds is 24. The molecule has 4 bridgehead atoms. The van der Waals surface area contributed by atoms with E-state index in [0.29, 0.717) is 0 Å². The van der Waals surface area contributed by atoms with Crippen LogP contribution in [0.25, 0.3) is 0 Å². The Balaban J connectivity index is 3.21. The lowest BCUT2D eigenvalue weighted by Crippen LogP contribution is -3.13. The van der Waals surface area contributed by atoms with E-state index in [0.717, 1.165) is 58.5 Å². The summed E-state index contributed by atoms with van der Waals surface area (Å²) >= 11 is 0. The van der Waals surface area contributed by atoms with Gasteiger partial charge in [-0.2, -0.15) is 140 Å². The van der Waals surface area contributed by atoms with Crippen molar-refractivity contribution in [3.05, 3.63) is 0 Å². The van der Waals surface area contributed by atoms with Gasteiger partial charge in [-0.05, 0) is 36.2 Å². The van der Waals surface area contributed by atoms with Crippen molar-refractivity contribution in [1.29, 1.82) is 0 Å². The highest BCUT2D eigenvalue weighted by molar-refractivity contribution is 5.55. The Bertz CT molecular complexity index is 1740. The SMILES string of the molecule is FOC(F)(F)C(F)(OF)C(F)(F)OC12C(F)(F)C3(OC(F)(F)C(F)(OF)C(F)(F)OF)C(F)(F)C(OC(F)(F)C(F)(OF)C(F)(F)OF)(C1(F)F)C(F)(F)C(OC(F)(F)C(F)(OF)C(F)(F)OF)(C2(F)F)C3(F)F. The predicted octanol–water partition coefficient (Wildman–Crippen LogP) is 11.5. The fourth-order valence-corrected chi connectivity index (χ4v) is 6.89. The maximum absolute atomic E-state index is 16.8. The van der Waals surface area contributed by atoms with E-state index >= 15 is 87.8 Å². The van der Waals surface area contributed by atoms with Gasteiger partial charge in [-0.1, -0.05) is 0 Å². The Hall–Kier alpha value is -3.28. The largest absolute Gasteiger partial charge is 0.456 e. The van der Waals surface area contributed by atoms with Gasteiger partial charge in [0.05, 0.1) is 0 Å². The van der Waals surface area contributed by atoms with Crippen LogP contribution in [0.1, 0.15) is 0 Å². The molecule has 4 aliphatic rings. The summed E-state index contributed by atoms with van der Waals surface area (Å²) < 4.78 is 601. The third-order valence-electron chi connectivity index (χ3n) is 10.2. The minimum Gasteiger partial charge on any atom is -0.289 e. The lowest BCUT2D eigenvalue weighted by molar-refractivity contribution is -0.700. The van der Waals surface area contributed by atoms with Gasteiger partial charge >= 0.3 is 108 Å². The Morgan fingerprint density at radius 2 is 0.284 bits per heavy atom. The minimum absolute atomic E-state index is 0.733. The van der Waals surface area contributed by atoms with E-state index in [-0.39, 0.29) is 0 Å². The summed E-state index contributed by atoms with van der Waals surface area (Å²) in [5, 5.41) is 0. The van der Waals surface area contributed by atoms with E-state index in [2.05, 4.69) is 0 Å². The molecular formula is C22F40O12. The van der Waals surface area contributed by atoms with Crippen molar-refractivity contribution in [3.8, 4) is 0 Å². The van der Waals surface area contributed by atoms with Crippen molar-refractivity contribution in [2.45, 2.75) is 130 Å². The van der Waals surface area contributed by atoms with Crippen LogP contribution < -0.4 is 0 Å². The molecule has 4 unspecified atom stereocenters. The van der Waals surface area contributed by atoms with Crippen LogP contribution in [0.3, 0.4) is 0 Å². The van der Waals surface area contributed by atoms with Crippen molar-refractivity contribution in [3.63, 3.8) is 0 Å². The Labute approximate surface area is 367 Å². The maximum atomic E-state index is 16.8. The van der Waals surface area contributed by atoms with Crippen LogP contribution in [-0.4, -0.2) is 130 Å². The fourth-order valence-electron chi connectivity index (χ4n) is 6.89. The molecule has 4 saturated carbocycles. The van der Waals surface area contributed by atoms with Crippen molar-refractivity contribution in [2.75, 3.05) is 0 Å². The van der Waals surface area contributed by atoms with Gasteiger partial charge in [-0.3, -0.25) is 18.9 Å². The molecule has 4 aliphatic carbocycles. The van der Waals surface area contributed by atoms with Gasteiger partial charge in [-0.15, -0.1) is 39.5 Å². The van der Waals surface area contributed by atoms with E-state index in [9.17, 15) is 88.9 Å². The first kappa shape index (κ1) is 65.0. The topological polar surface area (TPSA) is 111 Å². The fraction of sp³-hybridized carbons (Fsp3) is 1.00. The molecule has 4 fully saturated rings. The average Bonchev–Trinajstić information content (AvgIpc) is 3.26. The first-order chi connectivity index (χ1) is 32.3. The second-order valence-corrected chi connectivity index (χ2v) is 13.7. The van der Waals surface area contributed by atoms with Gasteiger partial charge in [0.15, 0.2) is 0 Å². The van der Waals surface area contributed by atoms with Crippen LogP contribution in [0, 0.1) is 0 Å². The molecule has 12 nitrogen and oxygen atoms in total. The van der Waals surface area contributed by atoms with E-state index in [4.69, 9.17) is 0 Å². The molecular weight excluding hydrogens is 1220 g/mol. The molecule has 52 heteroatoms. The molecule has 74 heavy (non-hydrogen) atoms. The lowest BCUT2D eigenvalue weighted by atomic mass is 9.38. The zero-order valence-corrected chi connectivity index (χ0v) is 31.0. The van der Waals surface area contributed by atoms with Crippen LogP contribution in [0.15, 0.2) is 0 Å². The molecule has 0 saturated heterocycles. The van der Waals surface area contributed by atoms with E-state index < -0.39 is 130 Å². The van der Waals surface area contributed by atoms with Crippen molar-refractivity contribution < 1.29 is 235 Å². The van der Waals surface area contributed by atoms with Crippen LogP contribution >= 0.6 is 0 Å². The molecule has 0 aromatic rings. The Kier molecular flexibility index (Phi) is 14.6. The van der Waals surface area contributed by atoms with Gasteiger partial charge in [0.25, 0.3) is 22.4 Å². The molecule has 0 aliphatic heterocycles. The van der Waals surface area contributed by atoms with Crippen molar-refractivity contribution >= 4 is 0 Å². The monoisotopic (exact) mass is 1220 g/mol. The molecule has 0 aromatic carbocycles. The minimum atomic E-state index is -10.8. The van der Waals surface area contributed by atoms with Gasteiger partial charge in [-0.25, -0.2) is 0 Å². The molecule has 4 atom stereocenters. The van der Waals surface area contributed by atoms with E-state index in [1.54, 1.807) is 0 Å². The molecule has 0 amide bonds. The number of hydrogen-bond donors (Lipinski definition) is 0. The number of hydrogen-bond acceptors (Lipinski definition) is 12. The van der Waals surface area contributed by atoms with Gasteiger partial charge in [0.2, 0.25) is 0 Å². The third-order valence-corrected chi connectivity index (χ3v) is 10.2. The standard InChI is InChI=1S/C22F40O12/c23-5(24)1(63-15(39,40)11(35,67-55)19(47,48)71-59)6(25,26)3(65-17(43,44)13(37,69-57)21(51,52)73-61)8(29,30)2(5,64-16(41,42)12(36,68-56)20(49,50)72-60)9(31,32)4(7(1,27)28,10(3,33)34)66-18(45,46)14(38,70-58)22(53,54)74-62. The Morgan fingerprint density at radius 1 is 0.176 bits per heavy atom. The third kappa shape index (κ3) is 6.24. The highest BCUT2D eigenvalue weighted by Crippen LogP contribution is 2.90. The van der Waals surface area contributed by atoms with Gasteiger partial charge in [0.1, 0.15) is 0 Å². The molecule has 0 spiro atoms. The summed E-state index contributed by atoms with van der Waals surface area (Å²) in [6.45, 7) is 0. The van der Waals surface area contributed by atoms with Crippen LogP contribution in [-0.2, 0) is 58.5 Å². The molecule has 0 N–H and O–H groups in total. The maximum Gasteiger partial charge on any atom is 0.456 e. The van der Waals surface area contributed by atoms with Crippen molar-refractivity contribution in [2.24, 2.45) is 0 Å². The molecule has 0 heterocycles. The Morgan fingerprint density at radius 3 is 0.365 bits per heavy atom. The first-order valence-electron chi connectivity index (χ1n) is 15.5. The second kappa shape index (κ2) is 16.6. The number of halogens is 40. The molecule has 0 aromatic heterocycles. The zero-order chi connectivity index (χ0) is 59.5. The zero-order valence-electron chi connectivity index (χ0n) is 31.0. The normalized spacial score (nSPS) is 32.1. The highest BCUT2D eigenvalue weighted by atomic mass is 19.4. The van der Waals surface area contributed by atoms with Crippen LogP contribution in [0.5, 0.6) is 0 Å². The van der Waals surface area contributed by atoms with Crippen LogP contribution in [0.4, 0.5) is 177 Å². The summed E-state index contributed by atoms with van der Waals surface area (Å²) in [7, 11) is 0. The van der Waals surface area contributed by atoms with Gasteiger partial charge in [0, 0.05) is 0 Å². The predicted molar refractivity (Wildman–Crippen MR) is 117 cm³/mol. The lowest BCUT2D eigenvalue weighted by Gasteiger charge is -2.79. The number of ether oxygens (including phenoxy) is 4. The average molecular weight is 1220 g/mol. The second-order valence-electron chi connectivity index (χ2n) is 13.7. The molecule has 440 valence electrons. The summed E-state index contributed by atoms with van der Waals surface area (Å²) in [5.74, 6) is -101. The number of alkyl halides is 32. The van der Waals surface area contributed by atoms with E-state index in [1.807, 2.05) is 0 Å². The summed E-state index contributed by atoms with van der Waals surface area (Å²) in [6, 6.07) is 0. The smallest absolute Gasteiger partial charge is 0.289 e. The summed E-state index contributed by atoms with van der Waals surface area (Å²) in [6.07, 6.45) is -73.2. The highest BCUT2D eigenvalue weighted by Gasteiger charge is 3.25. The van der Waals surface area contributed by atoms with Crippen LogP contribution in [0.2, 0.25) is 0 Å². The molecule has 0 radical (unpaired) electrons. The van der Waals surface area contributed by atoms with E-state index in [1.165, 1.54) is 0 Å². The molecule has 4 rings (SSSR count). The van der Waals surface area contributed by atoms with Crippen molar-refractivity contribution in [1.82, 2.24) is 0 Å².